The molecule has 1 unspecified atom stereocenters. The van der Waals surface area contributed by atoms with Crippen molar-refractivity contribution >= 4 is 44.7 Å². The lowest BCUT2D eigenvalue weighted by molar-refractivity contribution is 0.886. The fourth-order valence-corrected chi connectivity index (χ4v) is 5.53. The van der Waals surface area contributed by atoms with Gasteiger partial charge in [0, 0.05) is 30.6 Å². The van der Waals surface area contributed by atoms with E-state index in [-0.39, 0.29) is 0 Å². The van der Waals surface area contributed by atoms with Gasteiger partial charge in [0.05, 0.1) is 6.04 Å². The van der Waals surface area contributed by atoms with Crippen LogP contribution in [0.5, 0.6) is 0 Å². The maximum Gasteiger partial charge on any atom is 0.0579 e. The van der Waals surface area contributed by atoms with Crippen LogP contribution >= 0.6 is 39.0 Å². The van der Waals surface area contributed by atoms with Crippen LogP contribution in [0.1, 0.15) is 43.5 Å². The molecule has 0 aliphatic heterocycles. The van der Waals surface area contributed by atoms with Crippen molar-refractivity contribution in [3.8, 4) is 0 Å². The highest BCUT2D eigenvalue weighted by atomic mass is 79.9. The van der Waals surface area contributed by atoms with Crippen molar-refractivity contribution in [3.05, 3.63) is 45.1 Å². The molecule has 1 aliphatic rings. The van der Waals surface area contributed by atoms with E-state index < -0.39 is 0 Å². The average molecular weight is 382 g/mol. The molecular formula is C17H20BrNS2. The van der Waals surface area contributed by atoms with Gasteiger partial charge in [-0.2, -0.15) is 0 Å². The summed E-state index contributed by atoms with van der Waals surface area (Å²) in [5.41, 5.74) is 1.27. The number of hydrogen-bond acceptors (Lipinski definition) is 3. The van der Waals surface area contributed by atoms with Gasteiger partial charge in [-0.25, -0.2) is 0 Å². The zero-order valence-corrected chi connectivity index (χ0v) is 15.4. The van der Waals surface area contributed by atoms with Gasteiger partial charge >= 0.3 is 0 Å². The van der Waals surface area contributed by atoms with Gasteiger partial charge in [0.25, 0.3) is 0 Å². The van der Waals surface area contributed by atoms with E-state index in [0.29, 0.717) is 6.04 Å². The summed E-state index contributed by atoms with van der Waals surface area (Å²) >= 11 is 7.39. The average Bonchev–Trinajstić information content (AvgIpc) is 3.12. The molecule has 3 rings (SSSR count). The molecular weight excluding hydrogens is 362 g/mol. The lowest BCUT2D eigenvalue weighted by Crippen LogP contribution is -2.06. The first-order valence-electron chi connectivity index (χ1n) is 7.48. The number of thioether (sulfide) groups is 1. The molecule has 1 atom stereocenters. The SMILES string of the molecule is CC(Nc1ccccc1SC1CCCC1)c1cc(Br)cs1. The van der Waals surface area contributed by atoms with E-state index in [0.717, 1.165) is 5.25 Å². The van der Waals surface area contributed by atoms with Crippen LogP contribution in [-0.2, 0) is 0 Å². The number of benzene rings is 1. The van der Waals surface area contributed by atoms with Crippen molar-refractivity contribution in [2.45, 2.75) is 48.8 Å². The minimum atomic E-state index is 0.339. The summed E-state index contributed by atoms with van der Waals surface area (Å²) in [6.45, 7) is 2.23. The Labute approximate surface area is 143 Å². The molecule has 1 heterocycles. The number of halogens is 1. The van der Waals surface area contributed by atoms with E-state index in [1.54, 1.807) is 11.3 Å². The predicted octanol–water partition coefficient (Wildman–Crippen LogP) is 6.72. The maximum absolute atomic E-state index is 3.68. The Morgan fingerprint density at radius 3 is 2.76 bits per heavy atom. The molecule has 0 spiro atoms. The number of hydrogen-bond donors (Lipinski definition) is 1. The number of rotatable bonds is 5. The molecule has 1 aromatic heterocycles. The molecule has 0 bridgehead atoms. The van der Waals surface area contributed by atoms with Crippen molar-refractivity contribution in [1.29, 1.82) is 0 Å². The van der Waals surface area contributed by atoms with Gasteiger partial charge in [0.2, 0.25) is 0 Å². The molecule has 4 heteroatoms. The molecule has 1 N–H and O–H groups in total. The smallest absolute Gasteiger partial charge is 0.0579 e. The van der Waals surface area contributed by atoms with E-state index in [2.05, 4.69) is 75.6 Å². The molecule has 0 amide bonds. The number of thiophene rings is 1. The van der Waals surface area contributed by atoms with Gasteiger partial charge in [0.1, 0.15) is 0 Å². The Balaban J connectivity index is 1.72. The zero-order valence-electron chi connectivity index (χ0n) is 12.1. The van der Waals surface area contributed by atoms with Crippen LogP contribution in [0.25, 0.3) is 0 Å². The van der Waals surface area contributed by atoms with Crippen LogP contribution in [0, 0.1) is 0 Å². The van der Waals surface area contributed by atoms with Gasteiger partial charge in [-0.1, -0.05) is 25.0 Å². The van der Waals surface area contributed by atoms with Crippen LogP contribution in [0.3, 0.4) is 0 Å². The number of anilines is 1. The minimum absolute atomic E-state index is 0.339. The summed E-state index contributed by atoms with van der Waals surface area (Å²) < 4.78 is 1.17. The number of nitrogens with one attached hydrogen (secondary N) is 1. The molecule has 1 saturated carbocycles. The highest BCUT2D eigenvalue weighted by Crippen LogP contribution is 2.39. The number of para-hydroxylation sites is 1. The third-order valence-corrected chi connectivity index (χ3v) is 7.16. The minimum Gasteiger partial charge on any atom is -0.377 e. The largest absolute Gasteiger partial charge is 0.377 e. The van der Waals surface area contributed by atoms with E-state index in [4.69, 9.17) is 0 Å². The summed E-state index contributed by atoms with van der Waals surface area (Å²) in [5, 5.41) is 6.63. The topological polar surface area (TPSA) is 12.0 Å². The first-order chi connectivity index (χ1) is 10.2. The quantitative estimate of drug-likeness (QED) is 0.616. The molecule has 0 radical (unpaired) electrons. The van der Waals surface area contributed by atoms with Gasteiger partial charge in [0.15, 0.2) is 0 Å². The molecule has 21 heavy (non-hydrogen) atoms. The van der Waals surface area contributed by atoms with E-state index >= 15 is 0 Å². The molecule has 112 valence electrons. The van der Waals surface area contributed by atoms with E-state index in [9.17, 15) is 0 Å². The zero-order chi connectivity index (χ0) is 14.7. The molecule has 1 nitrogen and oxygen atoms in total. The summed E-state index contributed by atoms with van der Waals surface area (Å²) in [7, 11) is 0. The maximum atomic E-state index is 3.68. The highest BCUT2D eigenvalue weighted by Gasteiger charge is 2.18. The molecule has 2 aromatic rings. The molecule has 1 aliphatic carbocycles. The first kappa shape index (κ1) is 15.4. The molecule has 0 saturated heterocycles. The van der Waals surface area contributed by atoms with Crippen LogP contribution in [-0.4, -0.2) is 5.25 Å². The van der Waals surface area contributed by atoms with Gasteiger partial charge in [-0.3, -0.25) is 0 Å². The second-order valence-corrected chi connectivity index (χ2v) is 8.75. The Kier molecular flexibility index (Phi) is 5.30. The highest BCUT2D eigenvalue weighted by molar-refractivity contribution is 9.10. The monoisotopic (exact) mass is 381 g/mol. The summed E-state index contributed by atoms with van der Waals surface area (Å²) in [6.07, 6.45) is 5.53. The first-order valence-corrected chi connectivity index (χ1v) is 10.0. The van der Waals surface area contributed by atoms with Crippen LogP contribution in [0.15, 0.2) is 45.1 Å². The van der Waals surface area contributed by atoms with Crippen LogP contribution < -0.4 is 5.32 Å². The van der Waals surface area contributed by atoms with E-state index in [1.165, 1.54) is 45.6 Å². The van der Waals surface area contributed by atoms with E-state index in [1.807, 2.05) is 0 Å². The summed E-state index contributed by atoms with van der Waals surface area (Å²) in [5.74, 6) is 0. The van der Waals surface area contributed by atoms with Crippen molar-refractivity contribution < 1.29 is 0 Å². The third-order valence-electron chi connectivity index (χ3n) is 3.87. The second kappa shape index (κ2) is 7.21. The lowest BCUT2D eigenvalue weighted by atomic mass is 10.2. The van der Waals surface area contributed by atoms with Crippen molar-refractivity contribution in [2.24, 2.45) is 0 Å². The summed E-state index contributed by atoms with van der Waals surface area (Å²) in [4.78, 5) is 2.76. The second-order valence-electron chi connectivity index (χ2n) is 5.55. The Hall–Kier alpha value is -0.450. The van der Waals surface area contributed by atoms with Gasteiger partial charge in [-0.05, 0) is 53.9 Å². The predicted molar refractivity (Wildman–Crippen MR) is 98.6 cm³/mol. The molecule has 1 aromatic carbocycles. The van der Waals surface area contributed by atoms with Gasteiger partial charge < -0.3 is 5.32 Å². The standard InChI is InChI=1S/C17H20BrNS2/c1-12(17-10-13(18)11-20-17)19-15-8-4-5-9-16(15)21-14-6-2-3-7-14/h4-5,8-12,14,19H,2-3,6-7H2,1H3. The fourth-order valence-electron chi connectivity index (χ4n) is 2.73. The van der Waals surface area contributed by atoms with Gasteiger partial charge in [-0.15, -0.1) is 23.1 Å². The fraction of sp³-hybridized carbons (Fsp3) is 0.412. The Morgan fingerprint density at radius 1 is 1.29 bits per heavy atom. The van der Waals surface area contributed by atoms with Crippen molar-refractivity contribution in [3.63, 3.8) is 0 Å². The third kappa shape index (κ3) is 4.05. The normalized spacial score (nSPS) is 17.0. The van der Waals surface area contributed by atoms with Crippen LogP contribution in [0.4, 0.5) is 5.69 Å². The lowest BCUT2D eigenvalue weighted by Gasteiger charge is -2.18. The molecule has 1 fully saturated rings. The summed E-state index contributed by atoms with van der Waals surface area (Å²) in [6, 6.07) is 11.3. The Bertz CT molecular complexity index is 590. The van der Waals surface area contributed by atoms with Crippen molar-refractivity contribution in [2.75, 3.05) is 5.32 Å². The van der Waals surface area contributed by atoms with Crippen LogP contribution in [0.2, 0.25) is 0 Å². The Morgan fingerprint density at radius 2 is 2.05 bits per heavy atom. The van der Waals surface area contributed by atoms with Crippen molar-refractivity contribution in [1.82, 2.24) is 0 Å².